The molecule has 1 saturated carbocycles. The van der Waals surface area contributed by atoms with Crippen LogP contribution in [-0.4, -0.2) is 17.8 Å². The average molecular weight is 411 g/mol. The highest BCUT2D eigenvalue weighted by molar-refractivity contribution is 5.47. The summed E-state index contributed by atoms with van der Waals surface area (Å²) < 4.78 is 6.14. The third-order valence-corrected chi connectivity index (χ3v) is 6.89. The molecule has 0 bridgehead atoms. The van der Waals surface area contributed by atoms with Crippen molar-refractivity contribution < 1.29 is 9.84 Å². The number of ether oxygens (including phenoxy) is 1. The number of hydrogen-bond donors (Lipinski definition) is 1. The lowest BCUT2D eigenvalue weighted by molar-refractivity contribution is 0.161. The number of aryl methyl sites for hydroxylation is 2. The first kappa shape index (κ1) is 20.1. The minimum atomic E-state index is 0.127. The number of fused-ring (bicyclic) bond motifs is 1. The molecule has 3 aromatic rings. The summed E-state index contributed by atoms with van der Waals surface area (Å²) in [5, 5.41) is 9.00. The molecule has 2 heteroatoms. The van der Waals surface area contributed by atoms with Gasteiger partial charge in [0, 0.05) is 18.8 Å². The van der Waals surface area contributed by atoms with Gasteiger partial charge in [0.2, 0.25) is 0 Å². The zero-order valence-corrected chi connectivity index (χ0v) is 18.1. The Morgan fingerprint density at radius 2 is 1.71 bits per heavy atom. The van der Waals surface area contributed by atoms with Crippen LogP contribution in [0.5, 0.6) is 5.75 Å². The summed E-state index contributed by atoms with van der Waals surface area (Å²) in [6, 6.07) is 26.7. The molecular formula is C29H30O2. The Labute approximate surface area is 185 Å². The van der Waals surface area contributed by atoms with Gasteiger partial charge in [0.25, 0.3) is 0 Å². The topological polar surface area (TPSA) is 29.5 Å². The van der Waals surface area contributed by atoms with Crippen molar-refractivity contribution in [1.29, 1.82) is 0 Å². The molecule has 1 N–H and O–H groups in total. The van der Waals surface area contributed by atoms with Crippen molar-refractivity contribution in [3.8, 4) is 5.75 Å². The summed E-state index contributed by atoms with van der Waals surface area (Å²) in [5.41, 5.74) is 8.39. The van der Waals surface area contributed by atoms with Crippen molar-refractivity contribution in [3.63, 3.8) is 0 Å². The molecule has 158 valence electrons. The van der Waals surface area contributed by atoms with Crippen molar-refractivity contribution in [3.05, 3.63) is 112 Å². The summed E-state index contributed by atoms with van der Waals surface area (Å²) in [6.07, 6.45) is 6.29. The molecule has 0 amide bonds. The van der Waals surface area contributed by atoms with Crippen molar-refractivity contribution in [2.45, 2.75) is 50.5 Å². The Kier molecular flexibility index (Phi) is 5.65. The van der Waals surface area contributed by atoms with Gasteiger partial charge in [-0.25, -0.2) is 0 Å². The van der Waals surface area contributed by atoms with E-state index in [0.717, 1.165) is 25.0 Å². The third kappa shape index (κ3) is 4.18. The normalized spacial score (nSPS) is 22.4. The van der Waals surface area contributed by atoms with E-state index < -0.39 is 0 Å². The predicted octanol–water partition coefficient (Wildman–Crippen LogP) is 6.32. The summed E-state index contributed by atoms with van der Waals surface area (Å²) in [4.78, 5) is 0. The summed E-state index contributed by atoms with van der Waals surface area (Å²) >= 11 is 0. The van der Waals surface area contributed by atoms with Gasteiger partial charge in [-0.2, -0.15) is 0 Å². The maximum atomic E-state index is 9.00. The molecule has 0 unspecified atom stereocenters. The van der Waals surface area contributed by atoms with Crippen LogP contribution >= 0.6 is 0 Å². The van der Waals surface area contributed by atoms with Gasteiger partial charge in [-0.15, -0.1) is 0 Å². The molecule has 0 heterocycles. The monoisotopic (exact) mass is 410 g/mol. The molecule has 1 fully saturated rings. The molecule has 0 aromatic heterocycles. The van der Waals surface area contributed by atoms with Crippen LogP contribution in [0.2, 0.25) is 0 Å². The Bertz CT molecular complexity index is 1060. The van der Waals surface area contributed by atoms with Crippen LogP contribution in [0.4, 0.5) is 0 Å². The van der Waals surface area contributed by atoms with Gasteiger partial charge in [0.05, 0.1) is 6.61 Å². The number of aliphatic hydroxyl groups is 1. The minimum Gasteiger partial charge on any atom is -0.490 e. The van der Waals surface area contributed by atoms with Crippen molar-refractivity contribution in [1.82, 2.24) is 0 Å². The molecule has 5 rings (SSSR count). The van der Waals surface area contributed by atoms with Crippen LogP contribution in [0.3, 0.4) is 0 Å². The van der Waals surface area contributed by atoms with Crippen LogP contribution in [-0.2, 0) is 6.42 Å². The summed E-state index contributed by atoms with van der Waals surface area (Å²) in [6.45, 7) is 2.31. The summed E-state index contributed by atoms with van der Waals surface area (Å²) in [7, 11) is 0. The largest absolute Gasteiger partial charge is 0.490 e. The van der Waals surface area contributed by atoms with Crippen LogP contribution in [0.15, 0.2) is 84.4 Å². The van der Waals surface area contributed by atoms with E-state index >= 15 is 0 Å². The van der Waals surface area contributed by atoms with Gasteiger partial charge in [0.15, 0.2) is 0 Å². The van der Waals surface area contributed by atoms with E-state index in [1.54, 1.807) is 0 Å². The highest BCUT2D eigenvalue weighted by atomic mass is 16.5. The van der Waals surface area contributed by atoms with Crippen molar-refractivity contribution >= 4 is 0 Å². The molecule has 0 saturated heterocycles. The van der Waals surface area contributed by atoms with E-state index in [0.29, 0.717) is 11.8 Å². The van der Waals surface area contributed by atoms with E-state index in [1.165, 1.54) is 39.8 Å². The predicted molar refractivity (Wildman–Crippen MR) is 126 cm³/mol. The Morgan fingerprint density at radius 1 is 0.935 bits per heavy atom. The van der Waals surface area contributed by atoms with E-state index in [1.807, 2.05) is 6.08 Å². The zero-order valence-electron chi connectivity index (χ0n) is 18.1. The molecule has 0 aliphatic heterocycles. The average Bonchev–Trinajstić information content (AvgIpc) is 2.78. The van der Waals surface area contributed by atoms with Crippen molar-refractivity contribution in [2.75, 3.05) is 6.61 Å². The van der Waals surface area contributed by atoms with Crippen molar-refractivity contribution in [2.24, 2.45) is 0 Å². The smallest absolute Gasteiger partial charge is 0.119 e. The maximum absolute atomic E-state index is 9.00. The molecule has 3 aromatic carbocycles. The molecule has 0 radical (unpaired) electrons. The zero-order chi connectivity index (χ0) is 21.2. The van der Waals surface area contributed by atoms with Gasteiger partial charge in [-0.3, -0.25) is 0 Å². The molecular weight excluding hydrogens is 380 g/mol. The molecule has 2 atom stereocenters. The number of hydrogen-bond acceptors (Lipinski definition) is 2. The van der Waals surface area contributed by atoms with Gasteiger partial charge < -0.3 is 9.84 Å². The molecule has 2 nitrogen and oxygen atoms in total. The number of aliphatic hydroxyl groups excluding tert-OH is 1. The van der Waals surface area contributed by atoms with Crippen LogP contribution in [0, 0.1) is 6.92 Å². The van der Waals surface area contributed by atoms with E-state index in [4.69, 9.17) is 9.84 Å². The second kappa shape index (κ2) is 8.72. The standard InChI is InChI=1S/C29H30O2/c1-20-7-13-28-24(17-20)10-14-27(22-5-3-2-4-6-22)29(28)23-8-11-25(12-9-23)31-26-18-21(19-26)15-16-30/h2-9,11-13,15,17,26-27,29-30H,10,14,16,18-19H2,1H3/t26?,27-,29+/m1/s1. The Balaban J connectivity index is 1.42. The second-order valence-electron chi connectivity index (χ2n) is 9.00. The SMILES string of the molecule is Cc1ccc2c(c1)CC[C@H](c1ccccc1)[C@@H]2c1ccc(OC2CC(=CCO)C2)cc1. The van der Waals surface area contributed by atoms with Gasteiger partial charge in [-0.05, 0) is 60.1 Å². The highest BCUT2D eigenvalue weighted by Crippen LogP contribution is 2.46. The van der Waals surface area contributed by atoms with Gasteiger partial charge in [-0.1, -0.05) is 77.9 Å². The van der Waals surface area contributed by atoms with E-state index in [2.05, 4.69) is 79.7 Å². The fourth-order valence-corrected chi connectivity index (χ4v) is 5.27. The highest BCUT2D eigenvalue weighted by Gasteiger charge is 2.32. The third-order valence-electron chi connectivity index (χ3n) is 6.89. The lowest BCUT2D eigenvalue weighted by atomic mass is 9.69. The lowest BCUT2D eigenvalue weighted by Gasteiger charge is -2.35. The molecule has 2 aliphatic carbocycles. The van der Waals surface area contributed by atoms with Crippen LogP contribution < -0.4 is 4.74 Å². The second-order valence-corrected chi connectivity index (χ2v) is 9.00. The lowest BCUT2D eigenvalue weighted by Crippen LogP contribution is -2.27. The van der Waals surface area contributed by atoms with Gasteiger partial charge in [0.1, 0.15) is 11.9 Å². The number of benzene rings is 3. The molecule has 0 spiro atoms. The first-order valence-electron chi connectivity index (χ1n) is 11.4. The Hall–Kier alpha value is -2.84. The fourth-order valence-electron chi connectivity index (χ4n) is 5.27. The van der Waals surface area contributed by atoms with Crippen LogP contribution in [0.1, 0.15) is 58.9 Å². The molecule has 31 heavy (non-hydrogen) atoms. The first-order valence-corrected chi connectivity index (χ1v) is 11.4. The minimum absolute atomic E-state index is 0.127. The van der Waals surface area contributed by atoms with E-state index in [-0.39, 0.29) is 12.7 Å². The van der Waals surface area contributed by atoms with E-state index in [9.17, 15) is 0 Å². The molecule has 2 aliphatic rings. The first-order chi connectivity index (χ1) is 15.2. The van der Waals surface area contributed by atoms with Crippen LogP contribution in [0.25, 0.3) is 0 Å². The number of rotatable bonds is 5. The Morgan fingerprint density at radius 3 is 2.45 bits per heavy atom. The summed E-state index contributed by atoms with van der Waals surface area (Å²) in [5.74, 6) is 1.79. The fraction of sp³-hybridized carbons (Fsp3) is 0.310. The van der Waals surface area contributed by atoms with Gasteiger partial charge >= 0.3 is 0 Å². The quantitative estimate of drug-likeness (QED) is 0.499. The maximum Gasteiger partial charge on any atom is 0.119 e.